The first-order valence-corrected chi connectivity index (χ1v) is 11.1. The standard InChI is InChI=1S/C26H24N6O/c27-16-19-2-6-24-23(14-19)25(31-17-30-24)29-8-7-18-1-3-21-15-22(5-4-20(21)13-18)26(33)32-11-9-28-10-12-32/h1-6,13-15,17,28H,7-12H2,(H,29,30,31). The maximum absolute atomic E-state index is 12.8. The molecule has 0 aliphatic carbocycles. The summed E-state index contributed by atoms with van der Waals surface area (Å²) in [4.78, 5) is 23.3. The molecular formula is C26H24N6O. The second-order valence-corrected chi connectivity index (χ2v) is 8.18. The van der Waals surface area contributed by atoms with Crippen LogP contribution in [0.15, 0.2) is 60.9 Å². The van der Waals surface area contributed by atoms with Crippen molar-refractivity contribution in [1.82, 2.24) is 20.2 Å². The van der Waals surface area contributed by atoms with E-state index in [2.05, 4.69) is 44.9 Å². The van der Waals surface area contributed by atoms with Crippen LogP contribution in [0.25, 0.3) is 21.7 Å². The van der Waals surface area contributed by atoms with Crippen molar-refractivity contribution < 1.29 is 4.79 Å². The largest absolute Gasteiger partial charge is 0.369 e. The number of amides is 1. The van der Waals surface area contributed by atoms with Crippen molar-refractivity contribution in [2.75, 3.05) is 38.0 Å². The van der Waals surface area contributed by atoms with Gasteiger partial charge in [0.2, 0.25) is 0 Å². The Morgan fingerprint density at radius 1 is 1.03 bits per heavy atom. The van der Waals surface area contributed by atoms with E-state index in [4.69, 9.17) is 0 Å². The molecule has 2 N–H and O–H groups in total. The normalized spacial score (nSPS) is 13.7. The lowest BCUT2D eigenvalue weighted by Crippen LogP contribution is -2.46. The number of benzene rings is 3. The van der Waals surface area contributed by atoms with E-state index in [1.165, 1.54) is 11.9 Å². The van der Waals surface area contributed by atoms with Gasteiger partial charge in [0.05, 0.1) is 17.1 Å². The van der Waals surface area contributed by atoms with Gasteiger partial charge in [0, 0.05) is 43.7 Å². The molecule has 33 heavy (non-hydrogen) atoms. The van der Waals surface area contributed by atoms with Gasteiger partial charge < -0.3 is 15.5 Å². The van der Waals surface area contributed by atoms with E-state index >= 15 is 0 Å². The summed E-state index contributed by atoms with van der Waals surface area (Å²) in [6.45, 7) is 3.90. The Balaban J connectivity index is 1.28. The number of carbonyl (C=O) groups is 1. The highest BCUT2D eigenvalue weighted by Crippen LogP contribution is 2.22. The number of piperazine rings is 1. The zero-order valence-corrected chi connectivity index (χ0v) is 18.2. The fourth-order valence-electron chi connectivity index (χ4n) is 4.23. The van der Waals surface area contributed by atoms with Crippen molar-refractivity contribution in [3.63, 3.8) is 0 Å². The van der Waals surface area contributed by atoms with Gasteiger partial charge in [-0.2, -0.15) is 5.26 Å². The lowest BCUT2D eigenvalue weighted by molar-refractivity contribution is 0.0736. The number of nitrogens with one attached hydrogen (secondary N) is 2. The summed E-state index contributed by atoms with van der Waals surface area (Å²) in [5.74, 6) is 0.831. The molecule has 1 aliphatic heterocycles. The molecule has 1 aromatic heterocycles. The summed E-state index contributed by atoms with van der Waals surface area (Å²) in [7, 11) is 0. The van der Waals surface area contributed by atoms with E-state index in [1.807, 2.05) is 35.2 Å². The minimum Gasteiger partial charge on any atom is -0.369 e. The van der Waals surface area contributed by atoms with Gasteiger partial charge in [0.15, 0.2) is 0 Å². The second kappa shape index (κ2) is 9.23. The quantitative estimate of drug-likeness (QED) is 0.498. The van der Waals surface area contributed by atoms with Gasteiger partial charge in [-0.05, 0) is 53.1 Å². The molecule has 7 heteroatoms. The van der Waals surface area contributed by atoms with Crippen LogP contribution in [0, 0.1) is 11.3 Å². The lowest BCUT2D eigenvalue weighted by atomic mass is 10.0. The topological polar surface area (TPSA) is 93.9 Å². The third-order valence-electron chi connectivity index (χ3n) is 6.03. The average molecular weight is 437 g/mol. The summed E-state index contributed by atoms with van der Waals surface area (Å²) in [5, 5.41) is 18.9. The van der Waals surface area contributed by atoms with Crippen LogP contribution in [0.1, 0.15) is 21.5 Å². The fourth-order valence-corrected chi connectivity index (χ4v) is 4.23. The molecule has 0 bridgehead atoms. The third-order valence-corrected chi connectivity index (χ3v) is 6.03. The van der Waals surface area contributed by atoms with Crippen molar-refractivity contribution in [3.05, 3.63) is 77.6 Å². The fraction of sp³-hybridized carbons (Fsp3) is 0.231. The van der Waals surface area contributed by atoms with Crippen LogP contribution in [-0.2, 0) is 6.42 Å². The molecule has 0 radical (unpaired) electrons. The van der Waals surface area contributed by atoms with Gasteiger partial charge in [-0.1, -0.05) is 24.3 Å². The summed E-state index contributed by atoms with van der Waals surface area (Å²) < 4.78 is 0. The zero-order valence-electron chi connectivity index (χ0n) is 18.2. The highest BCUT2D eigenvalue weighted by molar-refractivity contribution is 5.98. The molecule has 1 fully saturated rings. The number of carbonyl (C=O) groups excluding carboxylic acids is 1. The number of rotatable bonds is 5. The van der Waals surface area contributed by atoms with Gasteiger partial charge in [-0.3, -0.25) is 4.79 Å². The molecule has 1 aliphatic rings. The Bertz CT molecular complexity index is 1370. The highest BCUT2D eigenvalue weighted by Gasteiger charge is 2.18. The summed E-state index contributed by atoms with van der Waals surface area (Å²) in [6, 6.07) is 19.9. The molecule has 3 aromatic carbocycles. The Morgan fingerprint density at radius 2 is 1.85 bits per heavy atom. The number of hydrogen-bond donors (Lipinski definition) is 2. The van der Waals surface area contributed by atoms with E-state index < -0.39 is 0 Å². The first-order chi connectivity index (χ1) is 16.2. The van der Waals surface area contributed by atoms with Crippen LogP contribution in [-0.4, -0.2) is 53.5 Å². The van der Waals surface area contributed by atoms with Crippen LogP contribution in [0.3, 0.4) is 0 Å². The molecular weight excluding hydrogens is 412 g/mol. The van der Waals surface area contributed by atoms with Crippen molar-refractivity contribution >= 4 is 33.4 Å². The van der Waals surface area contributed by atoms with Crippen LogP contribution in [0.5, 0.6) is 0 Å². The number of nitrogens with zero attached hydrogens (tertiary/aromatic N) is 4. The number of nitriles is 1. The Morgan fingerprint density at radius 3 is 2.70 bits per heavy atom. The maximum atomic E-state index is 12.8. The highest BCUT2D eigenvalue weighted by atomic mass is 16.2. The van der Waals surface area contributed by atoms with Crippen LogP contribution < -0.4 is 10.6 Å². The lowest BCUT2D eigenvalue weighted by Gasteiger charge is -2.27. The molecule has 7 nitrogen and oxygen atoms in total. The molecule has 0 spiro atoms. The van der Waals surface area contributed by atoms with Gasteiger partial charge in [0.1, 0.15) is 12.1 Å². The molecule has 4 aromatic rings. The van der Waals surface area contributed by atoms with Gasteiger partial charge >= 0.3 is 0 Å². The molecule has 0 atom stereocenters. The van der Waals surface area contributed by atoms with Crippen molar-refractivity contribution in [1.29, 1.82) is 5.26 Å². The molecule has 0 saturated carbocycles. The van der Waals surface area contributed by atoms with Crippen LogP contribution in [0.2, 0.25) is 0 Å². The number of fused-ring (bicyclic) bond motifs is 2. The smallest absolute Gasteiger partial charge is 0.253 e. The van der Waals surface area contributed by atoms with Gasteiger partial charge in [-0.15, -0.1) is 0 Å². The molecule has 164 valence electrons. The summed E-state index contributed by atoms with van der Waals surface area (Å²) in [6.07, 6.45) is 2.35. The first kappa shape index (κ1) is 20.9. The number of hydrogen-bond acceptors (Lipinski definition) is 6. The minimum absolute atomic E-state index is 0.100. The molecule has 1 saturated heterocycles. The Hall–Kier alpha value is -4.02. The molecule has 1 amide bonds. The predicted molar refractivity (Wildman–Crippen MR) is 129 cm³/mol. The SMILES string of the molecule is N#Cc1ccc2ncnc(NCCc3ccc4cc(C(=O)N5CCNCC5)ccc4c3)c2c1. The van der Waals surface area contributed by atoms with Crippen molar-refractivity contribution in [2.45, 2.75) is 6.42 Å². The van der Waals surface area contributed by atoms with E-state index in [9.17, 15) is 10.1 Å². The zero-order chi connectivity index (χ0) is 22.6. The summed E-state index contributed by atoms with van der Waals surface area (Å²) in [5.41, 5.74) is 3.34. The van der Waals surface area contributed by atoms with Crippen molar-refractivity contribution in [2.24, 2.45) is 0 Å². The van der Waals surface area contributed by atoms with Gasteiger partial charge in [-0.25, -0.2) is 9.97 Å². The van der Waals surface area contributed by atoms with E-state index in [-0.39, 0.29) is 5.91 Å². The molecule has 2 heterocycles. The van der Waals surface area contributed by atoms with E-state index in [1.54, 1.807) is 6.07 Å². The predicted octanol–water partition coefficient (Wildman–Crippen LogP) is 3.35. The Kier molecular flexibility index (Phi) is 5.83. The number of anilines is 1. The summed E-state index contributed by atoms with van der Waals surface area (Å²) >= 11 is 0. The van der Waals surface area contributed by atoms with Crippen molar-refractivity contribution in [3.8, 4) is 6.07 Å². The third kappa shape index (κ3) is 4.47. The molecule has 0 unspecified atom stereocenters. The maximum Gasteiger partial charge on any atom is 0.253 e. The van der Waals surface area contributed by atoms with E-state index in [0.29, 0.717) is 12.1 Å². The van der Waals surface area contributed by atoms with Crippen LogP contribution in [0.4, 0.5) is 5.82 Å². The van der Waals surface area contributed by atoms with Crippen LogP contribution >= 0.6 is 0 Å². The number of aromatic nitrogens is 2. The minimum atomic E-state index is 0.100. The molecule has 5 rings (SSSR count). The average Bonchev–Trinajstić information content (AvgIpc) is 2.88. The first-order valence-electron chi connectivity index (χ1n) is 11.1. The second-order valence-electron chi connectivity index (χ2n) is 8.18. The van der Waals surface area contributed by atoms with Gasteiger partial charge in [0.25, 0.3) is 5.91 Å². The Labute approximate surface area is 192 Å². The monoisotopic (exact) mass is 436 g/mol. The van der Waals surface area contributed by atoms with E-state index in [0.717, 1.165) is 65.7 Å².